The van der Waals surface area contributed by atoms with Gasteiger partial charge in [-0.1, -0.05) is 23.7 Å². The Morgan fingerprint density at radius 2 is 1.86 bits per heavy atom. The fourth-order valence-corrected chi connectivity index (χ4v) is 3.34. The Labute approximate surface area is 133 Å². The molecule has 2 nitrogen and oxygen atoms in total. The highest BCUT2D eigenvalue weighted by Gasteiger charge is 2.06. The summed E-state index contributed by atoms with van der Waals surface area (Å²) in [4.78, 5) is 5.56. The minimum absolute atomic E-state index is 0.767. The number of rotatable bonds is 3. The number of anilines is 1. The normalized spacial score (nSPS) is 11.0. The molecule has 0 atom stereocenters. The summed E-state index contributed by atoms with van der Waals surface area (Å²) in [7, 11) is 0. The number of pyridine rings is 1. The number of aryl methyl sites for hydroxylation is 1. The lowest BCUT2D eigenvalue weighted by atomic mass is 10.1. The Bertz CT molecular complexity index is 785. The topological polar surface area (TPSA) is 38.9 Å². The summed E-state index contributed by atoms with van der Waals surface area (Å²) in [5, 5.41) is 2.95. The van der Waals surface area contributed by atoms with Gasteiger partial charge in [0.05, 0.1) is 0 Å². The van der Waals surface area contributed by atoms with Crippen molar-refractivity contribution >= 4 is 39.8 Å². The smallest absolute Gasteiger partial charge is 0.0410 e. The zero-order valence-electron chi connectivity index (χ0n) is 11.6. The van der Waals surface area contributed by atoms with Crippen LogP contribution in [-0.2, 0) is 5.75 Å². The van der Waals surface area contributed by atoms with E-state index in [1.165, 1.54) is 15.8 Å². The van der Waals surface area contributed by atoms with E-state index in [4.69, 9.17) is 17.3 Å². The van der Waals surface area contributed by atoms with E-state index in [9.17, 15) is 0 Å². The largest absolute Gasteiger partial charge is 0.398 e. The third-order valence-electron chi connectivity index (χ3n) is 3.34. The van der Waals surface area contributed by atoms with Crippen LogP contribution in [0.3, 0.4) is 0 Å². The van der Waals surface area contributed by atoms with Crippen LogP contribution in [0, 0.1) is 6.92 Å². The maximum Gasteiger partial charge on any atom is 0.0410 e. The number of fused-ring (bicyclic) bond motifs is 1. The van der Waals surface area contributed by atoms with Crippen LogP contribution in [0.4, 0.5) is 5.69 Å². The molecule has 1 aromatic heterocycles. The Morgan fingerprint density at radius 3 is 2.62 bits per heavy atom. The van der Waals surface area contributed by atoms with Gasteiger partial charge < -0.3 is 5.73 Å². The van der Waals surface area contributed by atoms with E-state index in [0.29, 0.717) is 0 Å². The van der Waals surface area contributed by atoms with E-state index >= 15 is 0 Å². The van der Waals surface area contributed by atoms with Crippen molar-refractivity contribution < 1.29 is 0 Å². The van der Waals surface area contributed by atoms with E-state index in [0.717, 1.165) is 27.5 Å². The minimum atomic E-state index is 0.767. The zero-order chi connectivity index (χ0) is 14.8. The Kier molecular flexibility index (Phi) is 4.04. The van der Waals surface area contributed by atoms with Crippen LogP contribution in [0.2, 0.25) is 5.02 Å². The molecule has 4 heteroatoms. The van der Waals surface area contributed by atoms with Crippen LogP contribution in [-0.4, -0.2) is 4.98 Å². The first-order chi connectivity index (χ1) is 10.1. The molecular formula is C17H15ClN2S. The Hall–Kier alpha value is -1.71. The molecule has 0 amide bonds. The first-order valence-corrected chi connectivity index (χ1v) is 8.02. The van der Waals surface area contributed by atoms with Gasteiger partial charge in [-0.05, 0) is 42.8 Å². The van der Waals surface area contributed by atoms with Gasteiger partial charge >= 0.3 is 0 Å². The lowest BCUT2D eigenvalue weighted by Crippen LogP contribution is -1.91. The highest BCUT2D eigenvalue weighted by atomic mass is 35.5. The average molecular weight is 315 g/mol. The summed E-state index contributed by atoms with van der Waals surface area (Å²) in [6.07, 6.45) is 1.85. The van der Waals surface area contributed by atoms with Crippen molar-refractivity contribution in [1.29, 1.82) is 0 Å². The van der Waals surface area contributed by atoms with Crippen LogP contribution in [0.5, 0.6) is 0 Å². The molecule has 1 heterocycles. The molecule has 0 spiro atoms. The third-order valence-corrected chi connectivity index (χ3v) is 4.74. The maximum absolute atomic E-state index is 6.04. The number of nitrogens with two attached hydrogens (primary N) is 1. The predicted octanol–water partition coefficient (Wildman–Crippen LogP) is 5.07. The molecule has 0 aliphatic heterocycles. The maximum atomic E-state index is 6.04. The molecule has 3 rings (SSSR count). The van der Waals surface area contributed by atoms with Crippen LogP contribution >= 0.6 is 23.4 Å². The second-order valence-corrected chi connectivity index (χ2v) is 6.39. The highest BCUT2D eigenvalue weighted by Crippen LogP contribution is 2.33. The Balaban J connectivity index is 1.91. The van der Waals surface area contributed by atoms with E-state index < -0.39 is 0 Å². The van der Waals surface area contributed by atoms with Gasteiger partial charge in [-0.2, -0.15) is 0 Å². The van der Waals surface area contributed by atoms with Crippen molar-refractivity contribution in [3.05, 3.63) is 64.9 Å². The van der Waals surface area contributed by atoms with Gasteiger partial charge in [0.25, 0.3) is 0 Å². The number of benzene rings is 2. The molecule has 106 valence electrons. The molecule has 0 saturated carbocycles. The predicted molar refractivity (Wildman–Crippen MR) is 91.9 cm³/mol. The third kappa shape index (κ3) is 3.14. The number of thioether (sulfide) groups is 1. The van der Waals surface area contributed by atoms with Gasteiger partial charge in [0, 0.05) is 44.0 Å². The van der Waals surface area contributed by atoms with Crippen LogP contribution in [0.15, 0.2) is 53.6 Å². The summed E-state index contributed by atoms with van der Waals surface area (Å²) < 4.78 is 0. The zero-order valence-corrected chi connectivity index (χ0v) is 13.2. The standard InChI is InChI=1S/C17H15ClN2S/c1-11-8-14-15(9-20-11)16(19)6-7-17(14)21-10-12-2-4-13(18)5-3-12/h2-9H,10,19H2,1H3. The molecule has 2 aromatic carbocycles. The minimum Gasteiger partial charge on any atom is -0.398 e. The molecule has 0 unspecified atom stereocenters. The lowest BCUT2D eigenvalue weighted by Gasteiger charge is -2.09. The highest BCUT2D eigenvalue weighted by molar-refractivity contribution is 7.98. The van der Waals surface area contributed by atoms with Gasteiger partial charge in [0.1, 0.15) is 0 Å². The molecule has 0 bridgehead atoms. The number of halogens is 1. The molecule has 2 N–H and O–H groups in total. The van der Waals surface area contributed by atoms with E-state index in [1.807, 2.05) is 31.3 Å². The number of hydrogen-bond acceptors (Lipinski definition) is 3. The van der Waals surface area contributed by atoms with Gasteiger partial charge in [-0.15, -0.1) is 11.8 Å². The number of hydrogen-bond donors (Lipinski definition) is 1. The van der Waals surface area contributed by atoms with Gasteiger partial charge in [-0.25, -0.2) is 0 Å². The molecule has 0 saturated heterocycles. The second kappa shape index (κ2) is 5.96. The fourth-order valence-electron chi connectivity index (χ4n) is 2.21. The number of aromatic nitrogens is 1. The number of nitrogens with zero attached hydrogens (tertiary/aromatic N) is 1. The molecular weight excluding hydrogens is 300 g/mol. The summed E-state index contributed by atoms with van der Waals surface area (Å²) in [5.74, 6) is 0.900. The van der Waals surface area contributed by atoms with E-state index in [2.05, 4.69) is 29.2 Å². The Morgan fingerprint density at radius 1 is 1.10 bits per heavy atom. The first-order valence-electron chi connectivity index (χ1n) is 6.65. The van der Waals surface area contributed by atoms with Crippen molar-refractivity contribution in [2.75, 3.05) is 5.73 Å². The van der Waals surface area contributed by atoms with E-state index in [-0.39, 0.29) is 0 Å². The van der Waals surface area contributed by atoms with Crippen LogP contribution < -0.4 is 5.73 Å². The van der Waals surface area contributed by atoms with Crippen molar-refractivity contribution in [1.82, 2.24) is 4.98 Å². The fraction of sp³-hybridized carbons (Fsp3) is 0.118. The van der Waals surface area contributed by atoms with Crippen molar-refractivity contribution in [2.24, 2.45) is 0 Å². The summed E-state index contributed by atoms with van der Waals surface area (Å²) in [6, 6.07) is 14.1. The molecule has 0 fully saturated rings. The van der Waals surface area contributed by atoms with Crippen molar-refractivity contribution in [2.45, 2.75) is 17.6 Å². The SMILES string of the molecule is Cc1cc2c(SCc3ccc(Cl)cc3)ccc(N)c2cn1. The van der Waals surface area contributed by atoms with Gasteiger partial charge in [0.15, 0.2) is 0 Å². The summed E-state index contributed by atoms with van der Waals surface area (Å²) in [5.41, 5.74) is 9.06. The second-order valence-electron chi connectivity index (χ2n) is 4.94. The summed E-state index contributed by atoms with van der Waals surface area (Å²) >= 11 is 7.71. The quantitative estimate of drug-likeness (QED) is 0.542. The summed E-state index contributed by atoms with van der Waals surface area (Å²) in [6.45, 7) is 2.00. The van der Waals surface area contributed by atoms with Crippen LogP contribution in [0.25, 0.3) is 10.8 Å². The molecule has 0 aliphatic carbocycles. The molecule has 3 aromatic rings. The molecule has 0 radical (unpaired) electrons. The molecule has 0 aliphatic rings. The average Bonchev–Trinajstić information content (AvgIpc) is 2.48. The van der Waals surface area contributed by atoms with Gasteiger partial charge in [0.2, 0.25) is 0 Å². The van der Waals surface area contributed by atoms with Gasteiger partial charge in [-0.3, -0.25) is 4.98 Å². The molecule has 21 heavy (non-hydrogen) atoms. The lowest BCUT2D eigenvalue weighted by molar-refractivity contribution is 1.22. The van der Waals surface area contributed by atoms with Crippen molar-refractivity contribution in [3.8, 4) is 0 Å². The monoisotopic (exact) mass is 314 g/mol. The van der Waals surface area contributed by atoms with Crippen molar-refractivity contribution in [3.63, 3.8) is 0 Å². The number of nitrogen functional groups attached to an aromatic ring is 1. The van der Waals surface area contributed by atoms with E-state index in [1.54, 1.807) is 11.8 Å². The first kappa shape index (κ1) is 14.2. The van der Waals surface area contributed by atoms with Crippen LogP contribution in [0.1, 0.15) is 11.3 Å².